The van der Waals surface area contributed by atoms with Crippen molar-refractivity contribution < 1.29 is 5.11 Å². The molecular weight excluding hydrogens is 136 g/mol. The van der Waals surface area contributed by atoms with Crippen molar-refractivity contribution in [3.8, 4) is 0 Å². The largest absolute Gasteiger partial charge is 0.385 e. The molecule has 9 heavy (non-hydrogen) atoms. The Balaban J connectivity index is 2.65. The van der Waals surface area contributed by atoms with E-state index in [-0.39, 0.29) is 6.54 Å². The number of nitrogens with two attached hydrogens (primary N) is 1. The van der Waals surface area contributed by atoms with Crippen LogP contribution in [0.5, 0.6) is 0 Å². The minimum atomic E-state index is -0.579. The highest BCUT2D eigenvalue weighted by molar-refractivity contribution is 7.09. The molecule has 3 N–H and O–H groups in total. The third kappa shape index (κ3) is 1.48. The van der Waals surface area contributed by atoms with E-state index in [1.807, 2.05) is 5.38 Å². The van der Waals surface area contributed by atoms with Crippen LogP contribution in [0.3, 0.4) is 0 Å². The van der Waals surface area contributed by atoms with E-state index in [1.54, 1.807) is 6.20 Å². The van der Waals surface area contributed by atoms with Crippen molar-refractivity contribution in [2.45, 2.75) is 6.10 Å². The van der Waals surface area contributed by atoms with Gasteiger partial charge in [-0.2, -0.15) is 0 Å². The van der Waals surface area contributed by atoms with Gasteiger partial charge in [-0.3, -0.25) is 0 Å². The Labute approximate surface area is 57.2 Å². The third-order valence-corrected chi connectivity index (χ3v) is 1.84. The topological polar surface area (TPSA) is 59.1 Å². The van der Waals surface area contributed by atoms with Crippen molar-refractivity contribution in [1.82, 2.24) is 4.98 Å². The zero-order valence-corrected chi connectivity index (χ0v) is 5.64. The first kappa shape index (κ1) is 6.67. The Morgan fingerprint density at radius 2 is 2.67 bits per heavy atom. The van der Waals surface area contributed by atoms with Gasteiger partial charge in [0.1, 0.15) is 11.1 Å². The normalized spacial score (nSPS) is 13.6. The van der Waals surface area contributed by atoms with Crippen LogP contribution in [0.15, 0.2) is 11.6 Å². The molecule has 0 saturated carbocycles. The third-order valence-electron chi connectivity index (χ3n) is 0.960. The van der Waals surface area contributed by atoms with Crippen molar-refractivity contribution in [3.63, 3.8) is 0 Å². The molecule has 0 radical (unpaired) electrons. The van der Waals surface area contributed by atoms with Gasteiger partial charge in [0.25, 0.3) is 0 Å². The molecule has 0 spiro atoms. The number of hydrogen-bond donors (Lipinski definition) is 2. The zero-order chi connectivity index (χ0) is 6.69. The van der Waals surface area contributed by atoms with Gasteiger partial charge >= 0.3 is 0 Å². The van der Waals surface area contributed by atoms with E-state index in [1.165, 1.54) is 11.3 Å². The first-order chi connectivity index (χ1) is 4.34. The average Bonchev–Trinajstić information content (AvgIpc) is 2.37. The predicted molar refractivity (Wildman–Crippen MR) is 36.1 cm³/mol. The smallest absolute Gasteiger partial charge is 0.122 e. The maximum Gasteiger partial charge on any atom is 0.122 e. The Bertz CT molecular complexity index is 163. The fourth-order valence-electron chi connectivity index (χ4n) is 0.500. The van der Waals surface area contributed by atoms with Crippen LogP contribution >= 0.6 is 11.3 Å². The first-order valence-corrected chi connectivity index (χ1v) is 3.50. The molecule has 0 fully saturated rings. The lowest BCUT2D eigenvalue weighted by Gasteiger charge is -1.99. The Hall–Kier alpha value is -0.450. The van der Waals surface area contributed by atoms with E-state index in [2.05, 4.69) is 4.98 Å². The molecule has 4 heteroatoms. The lowest BCUT2D eigenvalue weighted by Crippen LogP contribution is -2.10. The summed E-state index contributed by atoms with van der Waals surface area (Å²) in [5.41, 5.74) is 5.18. The van der Waals surface area contributed by atoms with E-state index in [4.69, 9.17) is 10.8 Å². The predicted octanol–water partition coefficient (Wildman–Crippen LogP) is 0.135. The SMILES string of the molecule is NC[C@H](O)c1nccs1. The highest BCUT2D eigenvalue weighted by atomic mass is 32.1. The Kier molecular flexibility index (Phi) is 2.16. The molecule has 1 aromatic heterocycles. The van der Waals surface area contributed by atoms with Crippen LogP contribution in [0.2, 0.25) is 0 Å². The molecule has 1 rings (SSSR count). The van der Waals surface area contributed by atoms with Gasteiger partial charge in [-0.25, -0.2) is 4.98 Å². The number of hydrogen-bond acceptors (Lipinski definition) is 4. The van der Waals surface area contributed by atoms with Gasteiger partial charge in [0.15, 0.2) is 0 Å². The summed E-state index contributed by atoms with van der Waals surface area (Å²) in [5, 5.41) is 11.5. The summed E-state index contributed by atoms with van der Waals surface area (Å²) in [4.78, 5) is 3.88. The number of rotatable bonds is 2. The highest BCUT2D eigenvalue weighted by Crippen LogP contribution is 2.12. The van der Waals surface area contributed by atoms with Crippen LogP contribution in [-0.4, -0.2) is 16.6 Å². The number of aliphatic hydroxyl groups is 1. The molecule has 0 aliphatic carbocycles. The molecule has 1 heterocycles. The van der Waals surface area contributed by atoms with E-state index >= 15 is 0 Å². The second-order valence-corrected chi connectivity index (χ2v) is 2.55. The molecule has 50 valence electrons. The van der Waals surface area contributed by atoms with E-state index in [0.29, 0.717) is 5.01 Å². The van der Waals surface area contributed by atoms with Crippen LogP contribution in [0.4, 0.5) is 0 Å². The number of nitrogens with zero attached hydrogens (tertiary/aromatic N) is 1. The lowest BCUT2D eigenvalue weighted by molar-refractivity contribution is 0.186. The quantitative estimate of drug-likeness (QED) is 0.620. The van der Waals surface area contributed by atoms with Crippen molar-refractivity contribution in [3.05, 3.63) is 16.6 Å². The van der Waals surface area contributed by atoms with E-state index < -0.39 is 6.10 Å². The highest BCUT2D eigenvalue weighted by Gasteiger charge is 2.05. The lowest BCUT2D eigenvalue weighted by atomic mass is 10.4. The molecule has 0 aliphatic heterocycles. The summed E-state index contributed by atoms with van der Waals surface area (Å²) in [6.45, 7) is 0.244. The van der Waals surface area contributed by atoms with Gasteiger partial charge in [0, 0.05) is 18.1 Å². The maximum absolute atomic E-state index is 9.04. The van der Waals surface area contributed by atoms with Gasteiger partial charge in [-0.15, -0.1) is 11.3 Å². The molecule has 0 aliphatic rings. The number of aromatic nitrogens is 1. The van der Waals surface area contributed by atoms with Crippen LogP contribution in [0.25, 0.3) is 0 Å². The standard InChI is InChI=1S/C5H8N2OS/c6-3-4(8)5-7-1-2-9-5/h1-2,4,8H,3,6H2/t4-/m0/s1. The average molecular weight is 144 g/mol. The van der Waals surface area contributed by atoms with Gasteiger partial charge in [0.05, 0.1) is 0 Å². The number of aliphatic hydroxyl groups excluding tert-OH is 1. The molecule has 0 aromatic carbocycles. The summed E-state index contributed by atoms with van der Waals surface area (Å²) in [6.07, 6.45) is 1.07. The first-order valence-electron chi connectivity index (χ1n) is 2.62. The van der Waals surface area contributed by atoms with Gasteiger partial charge < -0.3 is 10.8 Å². The molecular formula is C5H8N2OS. The van der Waals surface area contributed by atoms with E-state index in [0.717, 1.165) is 0 Å². The molecule has 0 amide bonds. The Morgan fingerprint density at radius 3 is 3.11 bits per heavy atom. The van der Waals surface area contributed by atoms with Gasteiger partial charge in [-0.05, 0) is 0 Å². The monoisotopic (exact) mass is 144 g/mol. The van der Waals surface area contributed by atoms with Crippen LogP contribution in [0, 0.1) is 0 Å². The minimum Gasteiger partial charge on any atom is -0.385 e. The van der Waals surface area contributed by atoms with Crippen molar-refractivity contribution in [2.24, 2.45) is 5.73 Å². The molecule has 0 bridgehead atoms. The zero-order valence-electron chi connectivity index (χ0n) is 4.82. The maximum atomic E-state index is 9.04. The van der Waals surface area contributed by atoms with Crippen LogP contribution in [0.1, 0.15) is 11.1 Å². The molecule has 0 unspecified atom stereocenters. The molecule has 1 aromatic rings. The summed E-state index contributed by atoms with van der Waals surface area (Å²) < 4.78 is 0. The molecule has 0 saturated heterocycles. The molecule has 3 nitrogen and oxygen atoms in total. The van der Waals surface area contributed by atoms with Gasteiger partial charge in [0.2, 0.25) is 0 Å². The summed E-state index contributed by atoms with van der Waals surface area (Å²) in [6, 6.07) is 0. The van der Waals surface area contributed by atoms with Crippen molar-refractivity contribution in [2.75, 3.05) is 6.54 Å². The summed E-state index contributed by atoms with van der Waals surface area (Å²) in [5.74, 6) is 0. The van der Waals surface area contributed by atoms with Crippen molar-refractivity contribution in [1.29, 1.82) is 0 Å². The van der Waals surface area contributed by atoms with E-state index in [9.17, 15) is 0 Å². The fourth-order valence-corrected chi connectivity index (χ4v) is 1.14. The summed E-state index contributed by atoms with van der Waals surface area (Å²) in [7, 11) is 0. The van der Waals surface area contributed by atoms with Crippen LogP contribution in [-0.2, 0) is 0 Å². The summed E-state index contributed by atoms with van der Waals surface area (Å²) >= 11 is 1.41. The second kappa shape index (κ2) is 2.91. The van der Waals surface area contributed by atoms with Crippen LogP contribution < -0.4 is 5.73 Å². The number of thiazole rings is 1. The fraction of sp³-hybridized carbons (Fsp3) is 0.400. The van der Waals surface area contributed by atoms with Gasteiger partial charge in [-0.1, -0.05) is 0 Å². The minimum absolute atomic E-state index is 0.244. The van der Waals surface area contributed by atoms with Crippen molar-refractivity contribution >= 4 is 11.3 Å². The molecule has 1 atom stereocenters. The Morgan fingerprint density at radius 1 is 1.89 bits per heavy atom. The second-order valence-electron chi connectivity index (χ2n) is 1.62.